The van der Waals surface area contributed by atoms with Crippen LogP contribution in [0.5, 0.6) is 0 Å². The van der Waals surface area contributed by atoms with Crippen LogP contribution in [0.15, 0.2) is 78.1 Å². The van der Waals surface area contributed by atoms with Crippen molar-refractivity contribution < 1.29 is 17.7 Å². The van der Waals surface area contributed by atoms with Gasteiger partial charge in [0.25, 0.3) is 10.0 Å². The number of nitrogens with zero attached hydrogens (tertiary/aromatic N) is 2. The normalized spacial score (nSPS) is 17.2. The van der Waals surface area contributed by atoms with Crippen LogP contribution in [-0.2, 0) is 19.3 Å². The van der Waals surface area contributed by atoms with Gasteiger partial charge in [0.1, 0.15) is 0 Å². The molecule has 0 aliphatic carbocycles. The predicted molar refractivity (Wildman–Crippen MR) is 147 cm³/mol. The van der Waals surface area contributed by atoms with Gasteiger partial charge < -0.3 is 14.3 Å². The van der Waals surface area contributed by atoms with Gasteiger partial charge in [-0.25, -0.2) is 17.4 Å². The molecule has 0 unspecified atom stereocenters. The van der Waals surface area contributed by atoms with Crippen LogP contribution < -0.4 is 5.46 Å². The van der Waals surface area contributed by atoms with E-state index in [4.69, 9.17) is 9.31 Å². The molecule has 1 fully saturated rings. The van der Waals surface area contributed by atoms with Crippen LogP contribution in [0, 0.1) is 6.92 Å². The fourth-order valence-electron chi connectivity index (χ4n) is 4.66. The van der Waals surface area contributed by atoms with Gasteiger partial charge in [0.15, 0.2) is 5.65 Å². The second kappa shape index (κ2) is 8.05. The molecular formula is C28H28BN3O4S. The molecule has 1 saturated heterocycles. The number of H-pyrrole nitrogens is 1. The molecule has 3 aromatic heterocycles. The molecule has 0 amide bonds. The molecule has 0 atom stereocenters. The number of fused-ring (bicyclic) bond motifs is 2. The molecule has 1 aliphatic rings. The Morgan fingerprint density at radius 1 is 0.946 bits per heavy atom. The van der Waals surface area contributed by atoms with Gasteiger partial charge in [-0.1, -0.05) is 29.8 Å². The summed E-state index contributed by atoms with van der Waals surface area (Å²) in [5, 5.41) is 1.78. The summed E-state index contributed by atoms with van der Waals surface area (Å²) in [5.74, 6) is 0. The van der Waals surface area contributed by atoms with Crippen molar-refractivity contribution in [3.63, 3.8) is 0 Å². The van der Waals surface area contributed by atoms with Gasteiger partial charge in [0.05, 0.1) is 16.1 Å². The number of aromatic nitrogens is 3. The van der Waals surface area contributed by atoms with Crippen molar-refractivity contribution in [3.8, 4) is 11.1 Å². The zero-order valence-corrected chi connectivity index (χ0v) is 22.3. The Morgan fingerprint density at radius 3 is 2.35 bits per heavy atom. The van der Waals surface area contributed by atoms with Gasteiger partial charge in [-0.15, -0.1) is 0 Å². The van der Waals surface area contributed by atoms with E-state index in [2.05, 4.69) is 9.97 Å². The van der Waals surface area contributed by atoms with Crippen LogP contribution in [-0.4, -0.2) is 40.7 Å². The van der Waals surface area contributed by atoms with Gasteiger partial charge in [-0.05, 0) is 75.9 Å². The SMILES string of the molecule is Cc1ccc(S(=O)(=O)n2cc(-c3ccc4cc[nH]c4c3)c3cc(B4OC(C)(C)C(C)(C)O4)cnc32)cc1. The Morgan fingerprint density at radius 2 is 1.65 bits per heavy atom. The van der Waals surface area contributed by atoms with Crippen LogP contribution in [0.25, 0.3) is 33.1 Å². The summed E-state index contributed by atoms with van der Waals surface area (Å²) in [7, 11) is -4.50. The highest BCUT2D eigenvalue weighted by molar-refractivity contribution is 7.90. The summed E-state index contributed by atoms with van der Waals surface area (Å²) in [6, 6.07) is 16.8. The number of nitrogens with one attached hydrogen (secondary N) is 1. The number of hydrogen-bond acceptors (Lipinski definition) is 5. The van der Waals surface area contributed by atoms with E-state index in [0.717, 1.165) is 33.1 Å². The minimum absolute atomic E-state index is 0.207. The minimum Gasteiger partial charge on any atom is -0.399 e. The fourth-order valence-corrected chi connectivity index (χ4v) is 5.98. The summed E-state index contributed by atoms with van der Waals surface area (Å²) < 4.78 is 41.3. The maximum atomic E-state index is 13.8. The summed E-state index contributed by atoms with van der Waals surface area (Å²) in [6.45, 7) is 9.93. The maximum absolute atomic E-state index is 13.8. The number of aryl methyl sites for hydroxylation is 1. The molecule has 5 aromatic rings. The highest BCUT2D eigenvalue weighted by Crippen LogP contribution is 2.38. The Hall–Kier alpha value is -3.40. The number of benzene rings is 2. The lowest BCUT2D eigenvalue weighted by Gasteiger charge is -2.32. The van der Waals surface area contributed by atoms with Crippen LogP contribution in [0.3, 0.4) is 0 Å². The van der Waals surface area contributed by atoms with Crippen molar-refractivity contribution in [1.82, 2.24) is 13.9 Å². The third kappa shape index (κ3) is 3.80. The van der Waals surface area contributed by atoms with E-state index in [1.807, 2.05) is 71.1 Å². The van der Waals surface area contributed by atoms with Crippen molar-refractivity contribution in [2.24, 2.45) is 0 Å². The average Bonchev–Trinajstić information content (AvgIpc) is 3.52. The second-order valence-corrected chi connectivity index (χ2v) is 12.5. The van der Waals surface area contributed by atoms with E-state index in [0.29, 0.717) is 11.0 Å². The monoisotopic (exact) mass is 513 g/mol. The van der Waals surface area contributed by atoms with Gasteiger partial charge in [0, 0.05) is 40.5 Å². The first-order chi connectivity index (χ1) is 17.5. The molecule has 0 radical (unpaired) electrons. The number of rotatable bonds is 4. The van der Waals surface area contributed by atoms with E-state index in [-0.39, 0.29) is 4.90 Å². The Bertz CT molecular complexity index is 1750. The first-order valence-electron chi connectivity index (χ1n) is 12.2. The zero-order chi connectivity index (χ0) is 26.2. The van der Waals surface area contributed by atoms with Crippen molar-refractivity contribution >= 4 is 44.5 Å². The third-order valence-electron chi connectivity index (χ3n) is 7.60. The molecule has 4 heterocycles. The standard InChI is InChI=1S/C28H28BN3O4S/c1-18-6-10-22(11-7-18)37(33,34)32-17-24(20-9-8-19-12-13-30-25(19)14-20)23-15-21(16-31-26(23)32)29-35-27(2,3)28(4,5)36-29/h6-17,30H,1-5H3. The summed E-state index contributed by atoms with van der Waals surface area (Å²) in [5.41, 5.74) is 3.67. The lowest BCUT2D eigenvalue weighted by Crippen LogP contribution is -2.41. The van der Waals surface area contributed by atoms with Gasteiger partial charge in [-0.2, -0.15) is 0 Å². The topological polar surface area (TPSA) is 86.2 Å². The smallest absolute Gasteiger partial charge is 0.399 e. The molecule has 1 N–H and O–H groups in total. The summed E-state index contributed by atoms with van der Waals surface area (Å²) in [4.78, 5) is 8.09. The van der Waals surface area contributed by atoms with E-state index in [9.17, 15) is 8.42 Å². The highest BCUT2D eigenvalue weighted by Gasteiger charge is 2.52. The second-order valence-electron chi connectivity index (χ2n) is 10.7. The number of hydrogen-bond donors (Lipinski definition) is 1. The van der Waals surface area contributed by atoms with Crippen LogP contribution in [0.1, 0.15) is 33.3 Å². The van der Waals surface area contributed by atoms with E-state index in [1.165, 1.54) is 3.97 Å². The van der Waals surface area contributed by atoms with Gasteiger partial charge in [0.2, 0.25) is 0 Å². The first-order valence-corrected chi connectivity index (χ1v) is 13.7. The predicted octanol–water partition coefficient (Wildman–Crippen LogP) is 5.03. The fraction of sp³-hybridized carbons (Fsp3) is 0.250. The Kier molecular flexibility index (Phi) is 5.22. The molecule has 1 aliphatic heterocycles. The molecule has 9 heteroatoms. The first kappa shape index (κ1) is 24.0. The molecule has 37 heavy (non-hydrogen) atoms. The van der Waals surface area contributed by atoms with Crippen molar-refractivity contribution in [2.45, 2.75) is 50.7 Å². The zero-order valence-electron chi connectivity index (χ0n) is 21.4. The van der Waals surface area contributed by atoms with Crippen molar-refractivity contribution in [1.29, 1.82) is 0 Å². The van der Waals surface area contributed by atoms with Crippen LogP contribution in [0.2, 0.25) is 0 Å². The van der Waals surface area contributed by atoms with Gasteiger partial charge in [-0.3, -0.25) is 0 Å². The number of aromatic amines is 1. The van der Waals surface area contributed by atoms with Crippen molar-refractivity contribution in [2.75, 3.05) is 0 Å². The van der Waals surface area contributed by atoms with Crippen molar-refractivity contribution in [3.05, 3.63) is 78.8 Å². The van der Waals surface area contributed by atoms with Gasteiger partial charge >= 0.3 is 7.12 Å². The summed E-state index contributed by atoms with van der Waals surface area (Å²) in [6.07, 6.45) is 5.19. The molecule has 0 bridgehead atoms. The lowest BCUT2D eigenvalue weighted by atomic mass is 9.79. The molecular weight excluding hydrogens is 485 g/mol. The Balaban J connectivity index is 1.56. The lowest BCUT2D eigenvalue weighted by molar-refractivity contribution is 0.00578. The molecule has 7 nitrogen and oxygen atoms in total. The van der Waals surface area contributed by atoms with Crippen LogP contribution in [0.4, 0.5) is 0 Å². The average molecular weight is 513 g/mol. The van der Waals surface area contributed by atoms with E-state index < -0.39 is 28.3 Å². The molecule has 2 aromatic carbocycles. The van der Waals surface area contributed by atoms with E-state index >= 15 is 0 Å². The molecule has 6 rings (SSSR count). The maximum Gasteiger partial charge on any atom is 0.496 e. The highest BCUT2D eigenvalue weighted by atomic mass is 32.2. The molecule has 0 spiro atoms. The summed E-state index contributed by atoms with van der Waals surface area (Å²) >= 11 is 0. The largest absolute Gasteiger partial charge is 0.496 e. The minimum atomic E-state index is -3.89. The molecule has 0 saturated carbocycles. The quantitative estimate of drug-likeness (QED) is 0.341. The van der Waals surface area contributed by atoms with Crippen LogP contribution >= 0.6 is 0 Å². The molecule has 188 valence electrons. The number of pyridine rings is 1. The van der Waals surface area contributed by atoms with E-state index in [1.54, 1.807) is 36.7 Å². The Labute approximate surface area is 216 Å². The third-order valence-corrected chi connectivity index (χ3v) is 9.27.